The molecule has 0 aliphatic carbocycles. The van der Waals surface area contributed by atoms with Crippen molar-refractivity contribution in [2.45, 2.75) is 31.5 Å². The summed E-state index contributed by atoms with van der Waals surface area (Å²) in [5, 5.41) is 12.8. The molecule has 9 heteroatoms. The zero-order valence-corrected chi connectivity index (χ0v) is 19.0. The maximum atomic E-state index is 12.4. The van der Waals surface area contributed by atoms with Gasteiger partial charge in [0.05, 0.1) is 0 Å². The van der Waals surface area contributed by atoms with Crippen LogP contribution in [0.2, 0.25) is 5.02 Å². The Bertz CT molecular complexity index is 1130. The molecule has 4 rings (SSSR count). The van der Waals surface area contributed by atoms with Gasteiger partial charge in [-0.3, -0.25) is 14.3 Å². The molecule has 1 fully saturated rings. The summed E-state index contributed by atoms with van der Waals surface area (Å²) in [6, 6.07) is 15.2. The van der Waals surface area contributed by atoms with E-state index in [0.29, 0.717) is 21.8 Å². The van der Waals surface area contributed by atoms with Crippen LogP contribution in [0, 0.1) is 6.92 Å². The van der Waals surface area contributed by atoms with Gasteiger partial charge in [-0.1, -0.05) is 41.1 Å². The Balaban J connectivity index is 1.60. The molecule has 0 unspecified atom stereocenters. The fourth-order valence-corrected chi connectivity index (χ4v) is 4.33. The van der Waals surface area contributed by atoms with Crippen molar-refractivity contribution in [3.63, 3.8) is 0 Å². The van der Waals surface area contributed by atoms with Gasteiger partial charge in [0.2, 0.25) is 0 Å². The molecule has 0 spiro atoms. The topological polar surface area (TPSA) is 80.1 Å². The molecule has 3 amide bonds. The lowest BCUT2D eigenvalue weighted by molar-refractivity contribution is -0.130. The number of aryl methyl sites for hydroxylation is 1. The summed E-state index contributed by atoms with van der Waals surface area (Å²) in [7, 11) is 0. The maximum Gasteiger partial charge on any atom is 0.325 e. The predicted octanol–water partition coefficient (Wildman–Crippen LogP) is 4.32. The van der Waals surface area contributed by atoms with Crippen LogP contribution in [0.1, 0.15) is 19.4 Å². The molecule has 0 saturated carbocycles. The Morgan fingerprint density at radius 2 is 1.71 bits per heavy atom. The molecule has 0 bridgehead atoms. The van der Waals surface area contributed by atoms with E-state index in [2.05, 4.69) is 15.5 Å². The van der Waals surface area contributed by atoms with E-state index in [1.165, 1.54) is 16.7 Å². The molecule has 0 atom stereocenters. The molecule has 0 radical (unpaired) electrons. The van der Waals surface area contributed by atoms with Gasteiger partial charge < -0.3 is 5.32 Å². The van der Waals surface area contributed by atoms with Gasteiger partial charge >= 0.3 is 6.03 Å². The fourth-order valence-electron chi connectivity index (χ4n) is 3.33. The summed E-state index contributed by atoms with van der Waals surface area (Å²) >= 11 is 7.49. The van der Waals surface area contributed by atoms with E-state index in [0.717, 1.165) is 16.8 Å². The quantitative estimate of drug-likeness (QED) is 0.442. The van der Waals surface area contributed by atoms with Crippen molar-refractivity contribution >= 4 is 35.3 Å². The SMILES string of the molecule is Cc1ccc(-n2c(SCCN3C(=O)NC(C)(C)C3=O)nnc2-c2ccc(Cl)cc2)cc1. The zero-order chi connectivity index (χ0) is 22.2. The molecule has 160 valence electrons. The molecular formula is C22H22ClN5O2S. The minimum Gasteiger partial charge on any atom is -0.324 e. The lowest BCUT2D eigenvalue weighted by Gasteiger charge is -2.16. The highest BCUT2D eigenvalue weighted by molar-refractivity contribution is 7.99. The first-order valence-electron chi connectivity index (χ1n) is 9.81. The first-order valence-corrected chi connectivity index (χ1v) is 11.2. The van der Waals surface area contributed by atoms with E-state index in [9.17, 15) is 9.59 Å². The van der Waals surface area contributed by atoms with E-state index in [1.807, 2.05) is 60.0 Å². The first-order chi connectivity index (χ1) is 14.8. The monoisotopic (exact) mass is 455 g/mol. The molecule has 2 heterocycles. The number of carbonyl (C=O) groups is 2. The number of rotatable bonds is 6. The molecular weight excluding hydrogens is 434 g/mol. The van der Waals surface area contributed by atoms with E-state index >= 15 is 0 Å². The summed E-state index contributed by atoms with van der Waals surface area (Å²) in [6.45, 7) is 5.72. The zero-order valence-electron chi connectivity index (χ0n) is 17.4. The predicted molar refractivity (Wildman–Crippen MR) is 122 cm³/mol. The summed E-state index contributed by atoms with van der Waals surface area (Å²) in [5.41, 5.74) is 2.10. The van der Waals surface area contributed by atoms with E-state index in [-0.39, 0.29) is 18.5 Å². The van der Waals surface area contributed by atoms with Crippen LogP contribution in [0.3, 0.4) is 0 Å². The van der Waals surface area contributed by atoms with E-state index in [1.54, 1.807) is 13.8 Å². The second-order valence-electron chi connectivity index (χ2n) is 7.84. The number of aromatic nitrogens is 3. The normalized spacial score (nSPS) is 15.4. The second kappa shape index (κ2) is 8.36. The summed E-state index contributed by atoms with van der Waals surface area (Å²) in [5.74, 6) is 0.971. The number of nitrogens with zero attached hydrogens (tertiary/aromatic N) is 4. The Hall–Kier alpha value is -2.84. The van der Waals surface area contributed by atoms with Crippen LogP contribution >= 0.6 is 23.4 Å². The second-order valence-corrected chi connectivity index (χ2v) is 9.34. The standard InChI is InChI=1S/C22H22ClN5O2S/c1-14-4-10-17(11-5-14)28-18(15-6-8-16(23)9-7-15)25-26-21(28)31-13-12-27-19(29)22(2,3)24-20(27)30/h4-11H,12-13H2,1-3H3,(H,24,30). The Morgan fingerprint density at radius 1 is 1.03 bits per heavy atom. The molecule has 7 nitrogen and oxygen atoms in total. The van der Waals surface area contributed by atoms with Gasteiger partial charge in [-0.05, 0) is 57.2 Å². The van der Waals surface area contributed by atoms with Crippen molar-refractivity contribution in [2.24, 2.45) is 0 Å². The molecule has 1 aromatic heterocycles. The lowest BCUT2D eigenvalue weighted by atomic mass is 10.1. The van der Waals surface area contributed by atoms with Crippen LogP contribution in [0.5, 0.6) is 0 Å². The number of imide groups is 1. The third-order valence-electron chi connectivity index (χ3n) is 5.02. The Kier molecular flexibility index (Phi) is 5.77. The van der Waals surface area contributed by atoms with E-state index < -0.39 is 5.54 Å². The number of benzene rings is 2. The smallest absolute Gasteiger partial charge is 0.324 e. The van der Waals surface area contributed by atoms with Crippen molar-refractivity contribution in [3.8, 4) is 17.1 Å². The average molecular weight is 456 g/mol. The van der Waals surface area contributed by atoms with Crippen LogP contribution in [0.15, 0.2) is 53.7 Å². The summed E-state index contributed by atoms with van der Waals surface area (Å²) < 4.78 is 1.98. The number of halogens is 1. The number of thioether (sulfide) groups is 1. The van der Waals surface area contributed by atoms with Crippen molar-refractivity contribution in [3.05, 3.63) is 59.1 Å². The van der Waals surface area contributed by atoms with Gasteiger partial charge in [0.1, 0.15) is 5.54 Å². The van der Waals surface area contributed by atoms with Gasteiger partial charge in [0, 0.05) is 28.6 Å². The number of amides is 3. The number of nitrogens with one attached hydrogen (secondary N) is 1. The minimum absolute atomic E-state index is 0.222. The molecule has 1 N–H and O–H groups in total. The maximum absolute atomic E-state index is 12.4. The lowest BCUT2D eigenvalue weighted by Crippen LogP contribution is -2.40. The van der Waals surface area contributed by atoms with Crippen LogP contribution in [-0.2, 0) is 4.79 Å². The summed E-state index contributed by atoms with van der Waals surface area (Å²) in [4.78, 5) is 25.8. The molecule has 1 aliphatic heterocycles. The highest BCUT2D eigenvalue weighted by atomic mass is 35.5. The number of hydrogen-bond donors (Lipinski definition) is 1. The van der Waals surface area contributed by atoms with Gasteiger partial charge in [-0.25, -0.2) is 4.79 Å². The minimum atomic E-state index is -0.870. The molecule has 1 aliphatic rings. The summed E-state index contributed by atoms with van der Waals surface area (Å²) in [6.07, 6.45) is 0. The highest BCUT2D eigenvalue weighted by Gasteiger charge is 2.43. The fraction of sp³-hybridized carbons (Fsp3) is 0.273. The average Bonchev–Trinajstić information content (AvgIpc) is 3.23. The van der Waals surface area contributed by atoms with Gasteiger partial charge in [-0.2, -0.15) is 0 Å². The van der Waals surface area contributed by atoms with Gasteiger partial charge in [-0.15, -0.1) is 10.2 Å². The molecule has 31 heavy (non-hydrogen) atoms. The third kappa shape index (κ3) is 4.31. The molecule has 1 saturated heterocycles. The Labute approximate surface area is 189 Å². The largest absolute Gasteiger partial charge is 0.325 e. The Morgan fingerprint density at radius 3 is 2.32 bits per heavy atom. The van der Waals surface area contributed by atoms with Crippen molar-refractivity contribution < 1.29 is 9.59 Å². The van der Waals surface area contributed by atoms with Crippen LogP contribution in [-0.4, -0.2) is 49.4 Å². The van der Waals surface area contributed by atoms with E-state index in [4.69, 9.17) is 11.6 Å². The third-order valence-corrected chi connectivity index (χ3v) is 6.18. The number of urea groups is 1. The van der Waals surface area contributed by atoms with Gasteiger partial charge in [0.15, 0.2) is 11.0 Å². The van der Waals surface area contributed by atoms with Crippen molar-refractivity contribution in [2.75, 3.05) is 12.3 Å². The molecule has 2 aromatic carbocycles. The number of carbonyl (C=O) groups excluding carboxylic acids is 2. The van der Waals surface area contributed by atoms with Crippen LogP contribution in [0.4, 0.5) is 4.79 Å². The highest BCUT2D eigenvalue weighted by Crippen LogP contribution is 2.29. The van der Waals surface area contributed by atoms with Crippen LogP contribution in [0.25, 0.3) is 17.1 Å². The first kappa shape index (κ1) is 21.4. The van der Waals surface area contributed by atoms with Crippen molar-refractivity contribution in [1.29, 1.82) is 0 Å². The van der Waals surface area contributed by atoms with Gasteiger partial charge in [0.25, 0.3) is 5.91 Å². The number of hydrogen-bond acceptors (Lipinski definition) is 5. The van der Waals surface area contributed by atoms with Crippen molar-refractivity contribution in [1.82, 2.24) is 25.0 Å². The van der Waals surface area contributed by atoms with Crippen LogP contribution < -0.4 is 5.32 Å². The molecule has 3 aromatic rings.